The number of aliphatic carboxylic acids is 1. The minimum absolute atomic E-state index is 0.0736. The molecule has 0 spiro atoms. The fourth-order valence-corrected chi connectivity index (χ4v) is 2.36. The van der Waals surface area contributed by atoms with Crippen molar-refractivity contribution in [3.05, 3.63) is 47.8 Å². The van der Waals surface area contributed by atoms with Gasteiger partial charge in [-0.05, 0) is 32.4 Å². The number of carboxylic acids is 1. The lowest BCUT2D eigenvalue weighted by atomic mass is 10.2. The van der Waals surface area contributed by atoms with Crippen LogP contribution < -0.4 is 0 Å². The lowest BCUT2D eigenvalue weighted by Gasteiger charge is -2.25. The Hall–Kier alpha value is -2.63. The van der Waals surface area contributed by atoms with E-state index in [9.17, 15) is 9.59 Å². The molecule has 0 aliphatic rings. The second kappa shape index (κ2) is 7.09. The molecule has 1 amide bonds. The van der Waals surface area contributed by atoms with Gasteiger partial charge in [0.25, 0.3) is 5.91 Å². The van der Waals surface area contributed by atoms with Crippen molar-refractivity contribution in [1.82, 2.24) is 14.7 Å². The number of para-hydroxylation sites is 1. The minimum atomic E-state index is -0.918. The maximum Gasteiger partial charge on any atom is 0.305 e. The summed E-state index contributed by atoms with van der Waals surface area (Å²) in [5.74, 6) is -1.12. The van der Waals surface area contributed by atoms with Crippen LogP contribution in [-0.4, -0.2) is 44.3 Å². The molecular weight excluding hydrogens is 294 g/mol. The van der Waals surface area contributed by atoms with Crippen LogP contribution in [-0.2, 0) is 4.79 Å². The smallest absolute Gasteiger partial charge is 0.305 e. The first-order chi connectivity index (χ1) is 10.9. The van der Waals surface area contributed by atoms with Crippen molar-refractivity contribution in [3.63, 3.8) is 0 Å². The van der Waals surface area contributed by atoms with E-state index in [1.807, 2.05) is 45.0 Å². The van der Waals surface area contributed by atoms with Crippen LogP contribution in [0.3, 0.4) is 0 Å². The molecule has 0 saturated heterocycles. The highest BCUT2D eigenvalue weighted by Gasteiger charge is 2.21. The summed E-state index contributed by atoms with van der Waals surface area (Å²) in [5.41, 5.74) is 2.42. The monoisotopic (exact) mass is 315 g/mol. The Bertz CT molecular complexity index is 707. The van der Waals surface area contributed by atoms with E-state index in [1.54, 1.807) is 15.8 Å². The van der Waals surface area contributed by atoms with Gasteiger partial charge >= 0.3 is 5.97 Å². The number of carboxylic acid groups (broad SMARTS) is 1. The quantitative estimate of drug-likeness (QED) is 0.888. The van der Waals surface area contributed by atoms with Crippen LogP contribution in [0, 0.1) is 6.92 Å². The molecule has 0 fully saturated rings. The molecule has 0 radical (unpaired) electrons. The molecule has 0 atom stereocenters. The fraction of sp³-hybridized carbons (Fsp3) is 0.353. The highest BCUT2D eigenvalue weighted by molar-refractivity contribution is 5.94. The van der Waals surface area contributed by atoms with Crippen LogP contribution in [0.2, 0.25) is 0 Å². The SMILES string of the molecule is Cc1ccccc1-n1cc(C(=O)N(CCC(=O)O)C(C)C)cn1. The third-order valence-electron chi connectivity index (χ3n) is 3.64. The molecule has 1 aromatic carbocycles. The minimum Gasteiger partial charge on any atom is -0.481 e. The average molecular weight is 315 g/mol. The third kappa shape index (κ3) is 3.97. The third-order valence-corrected chi connectivity index (χ3v) is 3.64. The zero-order valence-corrected chi connectivity index (χ0v) is 13.6. The van der Waals surface area contributed by atoms with Gasteiger partial charge in [0.1, 0.15) is 0 Å². The van der Waals surface area contributed by atoms with Crippen molar-refractivity contribution < 1.29 is 14.7 Å². The zero-order chi connectivity index (χ0) is 17.0. The highest BCUT2D eigenvalue weighted by Crippen LogP contribution is 2.15. The molecule has 0 saturated carbocycles. The van der Waals surface area contributed by atoms with E-state index in [1.165, 1.54) is 6.20 Å². The summed E-state index contributed by atoms with van der Waals surface area (Å²) in [5, 5.41) is 13.1. The molecule has 6 nitrogen and oxygen atoms in total. The van der Waals surface area contributed by atoms with E-state index in [4.69, 9.17) is 5.11 Å². The molecule has 0 bridgehead atoms. The predicted molar refractivity (Wildman–Crippen MR) is 86.7 cm³/mol. The number of aryl methyl sites for hydroxylation is 1. The molecule has 23 heavy (non-hydrogen) atoms. The number of hydrogen-bond acceptors (Lipinski definition) is 3. The van der Waals surface area contributed by atoms with Gasteiger partial charge in [-0.15, -0.1) is 0 Å². The van der Waals surface area contributed by atoms with Crippen molar-refractivity contribution in [3.8, 4) is 5.69 Å². The Morgan fingerprint density at radius 2 is 2.00 bits per heavy atom. The number of carbonyl (C=O) groups is 2. The summed E-state index contributed by atoms with van der Waals surface area (Å²) in [4.78, 5) is 24.9. The van der Waals surface area contributed by atoms with Crippen LogP contribution >= 0.6 is 0 Å². The molecule has 1 N–H and O–H groups in total. The number of hydrogen-bond donors (Lipinski definition) is 1. The Balaban J connectivity index is 2.22. The molecule has 0 aliphatic heterocycles. The molecule has 0 unspecified atom stereocenters. The summed E-state index contributed by atoms with van der Waals surface area (Å²) in [6.45, 7) is 5.89. The Kier molecular flexibility index (Phi) is 5.16. The first-order valence-electron chi connectivity index (χ1n) is 7.53. The van der Waals surface area contributed by atoms with Gasteiger partial charge in [-0.2, -0.15) is 5.10 Å². The van der Waals surface area contributed by atoms with Crippen LogP contribution in [0.25, 0.3) is 5.69 Å². The van der Waals surface area contributed by atoms with Gasteiger partial charge < -0.3 is 10.0 Å². The summed E-state index contributed by atoms with van der Waals surface area (Å²) in [6.07, 6.45) is 3.13. The molecule has 122 valence electrons. The van der Waals surface area contributed by atoms with Crippen molar-refractivity contribution in [2.45, 2.75) is 33.2 Å². The van der Waals surface area contributed by atoms with Crippen molar-refractivity contribution in [1.29, 1.82) is 0 Å². The van der Waals surface area contributed by atoms with Gasteiger partial charge in [0.2, 0.25) is 0 Å². The normalized spacial score (nSPS) is 10.8. The zero-order valence-electron chi connectivity index (χ0n) is 13.6. The second-order valence-corrected chi connectivity index (χ2v) is 5.70. The number of nitrogens with zero attached hydrogens (tertiary/aromatic N) is 3. The maximum atomic E-state index is 12.6. The number of aromatic nitrogens is 2. The van der Waals surface area contributed by atoms with Gasteiger partial charge in [-0.1, -0.05) is 18.2 Å². The lowest BCUT2D eigenvalue weighted by molar-refractivity contribution is -0.137. The van der Waals surface area contributed by atoms with E-state index in [0.717, 1.165) is 11.3 Å². The van der Waals surface area contributed by atoms with Gasteiger partial charge in [0.05, 0.1) is 23.9 Å². The summed E-state index contributed by atoms with van der Waals surface area (Å²) < 4.78 is 1.66. The number of carbonyl (C=O) groups excluding carboxylic acids is 1. The Morgan fingerprint density at radius 3 is 2.61 bits per heavy atom. The molecule has 2 aromatic rings. The van der Waals surface area contributed by atoms with E-state index in [0.29, 0.717) is 5.56 Å². The molecule has 1 aromatic heterocycles. The largest absolute Gasteiger partial charge is 0.481 e. The van der Waals surface area contributed by atoms with Crippen LogP contribution in [0.4, 0.5) is 0 Å². The molecule has 2 rings (SSSR count). The average Bonchev–Trinajstić information content (AvgIpc) is 2.96. The number of amides is 1. The maximum absolute atomic E-state index is 12.6. The van der Waals surface area contributed by atoms with Gasteiger partial charge in [-0.25, -0.2) is 4.68 Å². The molecule has 6 heteroatoms. The van der Waals surface area contributed by atoms with Gasteiger partial charge in [0, 0.05) is 18.8 Å². The van der Waals surface area contributed by atoms with E-state index < -0.39 is 5.97 Å². The Labute approximate surface area is 135 Å². The van der Waals surface area contributed by atoms with Gasteiger partial charge in [-0.3, -0.25) is 9.59 Å². The second-order valence-electron chi connectivity index (χ2n) is 5.70. The van der Waals surface area contributed by atoms with E-state index >= 15 is 0 Å². The molecular formula is C17H21N3O3. The Morgan fingerprint density at radius 1 is 1.30 bits per heavy atom. The van der Waals surface area contributed by atoms with Crippen LogP contribution in [0.15, 0.2) is 36.7 Å². The van der Waals surface area contributed by atoms with Crippen molar-refractivity contribution in [2.75, 3.05) is 6.54 Å². The first-order valence-corrected chi connectivity index (χ1v) is 7.53. The summed E-state index contributed by atoms with van der Waals surface area (Å²) in [7, 11) is 0. The van der Waals surface area contributed by atoms with Crippen LogP contribution in [0.5, 0.6) is 0 Å². The first kappa shape index (κ1) is 16.7. The van der Waals surface area contributed by atoms with Crippen LogP contribution in [0.1, 0.15) is 36.2 Å². The summed E-state index contributed by atoms with van der Waals surface area (Å²) >= 11 is 0. The predicted octanol–water partition coefficient (Wildman–Crippen LogP) is 2.51. The summed E-state index contributed by atoms with van der Waals surface area (Å²) in [6, 6.07) is 7.69. The van der Waals surface area contributed by atoms with Crippen molar-refractivity contribution >= 4 is 11.9 Å². The van der Waals surface area contributed by atoms with Crippen molar-refractivity contribution in [2.24, 2.45) is 0 Å². The number of rotatable bonds is 6. The molecule has 0 aliphatic carbocycles. The number of benzene rings is 1. The van der Waals surface area contributed by atoms with E-state index in [-0.39, 0.29) is 24.9 Å². The highest BCUT2D eigenvalue weighted by atomic mass is 16.4. The molecule has 1 heterocycles. The van der Waals surface area contributed by atoms with E-state index in [2.05, 4.69) is 5.10 Å². The topological polar surface area (TPSA) is 75.4 Å². The fourth-order valence-electron chi connectivity index (χ4n) is 2.36. The van der Waals surface area contributed by atoms with Gasteiger partial charge in [0.15, 0.2) is 0 Å². The standard InChI is InChI=1S/C17H21N3O3/c1-12(2)19(9-8-16(21)22)17(23)14-10-18-20(11-14)15-7-5-4-6-13(15)3/h4-7,10-12H,8-9H2,1-3H3,(H,21,22). The lowest BCUT2D eigenvalue weighted by Crippen LogP contribution is -2.38.